The van der Waals surface area contributed by atoms with E-state index >= 15 is 0 Å². The highest BCUT2D eigenvalue weighted by molar-refractivity contribution is 9.09. The average molecular weight is 361 g/mol. The van der Waals surface area contributed by atoms with E-state index in [2.05, 4.69) is 15.9 Å². The van der Waals surface area contributed by atoms with Gasteiger partial charge in [0.1, 0.15) is 6.61 Å². The van der Waals surface area contributed by atoms with Crippen molar-refractivity contribution in [2.45, 2.75) is 13.3 Å². The van der Waals surface area contributed by atoms with Crippen molar-refractivity contribution in [1.29, 1.82) is 0 Å². The topological polar surface area (TPSA) is 43.4 Å². The average Bonchev–Trinajstić information content (AvgIpc) is 2.54. The number of hydrogen-bond acceptors (Lipinski definition) is 3. The van der Waals surface area contributed by atoms with Crippen LogP contribution in [0.3, 0.4) is 0 Å². The van der Waals surface area contributed by atoms with Crippen LogP contribution < -0.4 is 0 Å². The number of carbonyl (C=O) groups excluding carboxylic acids is 2. The van der Waals surface area contributed by atoms with Crippen molar-refractivity contribution >= 4 is 33.8 Å². The highest BCUT2D eigenvalue weighted by Gasteiger charge is 2.07. The molecule has 1 aromatic carbocycles. The van der Waals surface area contributed by atoms with Crippen molar-refractivity contribution < 1.29 is 14.3 Å². The molecule has 0 amide bonds. The third-order valence-corrected chi connectivity index (χ3v) is 3.57. The standard InChI is InChI=1S/C18H17BrO3/c1-13(20)16-6-2-14(3-7-16)12-15-4-8-17(9-5-15)18(21)22-11-10-19/h2,4-9,12H,3,10-11H2,1H3. The number of Topliss-reactive ketones (excluding diaryl/α,β-unsaturated/α-hetero) is 1. The number of ketones is 1. The van der Waals surface area contributed by atoms with Gasteiger partial charge in [0.15, 0.2) is 5.78 Å². The summed E-state index contributed by atoms with van der Waals surface area (Å²) in [6.45, 7) is 1.93. The Bertz CT molecular complexity index is 651. The smallest absolute Gasteiger partial charge is 0.338 e. The lowest BCUT2D eigenvalue weighted by atomic mass is 9.98. The molecule has 0 bridgehead atoms. The van der Waals surface area contributed by atoms with E-state index in [1.165, 1.54) is 0 Å². The van der Waals surface area contributed by atoms with Gasteiger partial charge in [-0.2, -0.15) is 0 Å². The maximum atomic E-state index is 11.7. The molecule has 0 saturated heterocycles. The first-order valence-electron chi connectivity index (χ1n) is 7.03. The molecule has 1 aliphatic rings. The number of carbonyl (C=O) groups is 2. The Hall–Kier alpha value is -1.94. The molecule has 0 radical (unpaired) electrons. The van der Waals surface area contributed by atoms with Gasteiger partial charge in [-0.15, -0.1) is 0 Å². The van der Waals surface area contributed by atoms with E-state index in [-0.39, 0.29) is 11.8 Å². The molecule has 0 atom stereocenters. The Morgan fingerprint density at radius 3 is 2.50 bits per heavy atom. The minimum absolute atomic E-state index is 0.0849. The Labute approximate surface area is 138 Å². The predicted octanol–water partition coefficient (Wildman–Crippen LogP) is 4.10. The molecule has 0 saturated carbocycles. The zero-order chi connectivity index (χ0) is 15.9. The zero-order valence-corrected chi connectivity index (χ0v) is 13.9. The second-order valence-electron chi connectivity index (χ2n) is 4.92. The highest BCUT2D eigenvalue weighted by Crippen LogP contribution is 2.19. The van der Waals surface area contributed by atoms with Crippen LogP contribution in [0.2, 0.25) is 0 Å². The summed E-state index contributed by atoms with van der Waals surface area (Å²) in [5.41, 5.74) is 3.43. The third kappa shape index (κ3) is 4.53. The first-order valence-corrected chi connectivity index (χ1v) is 8.15. The number of halogens is 1. The SMILES string of the molecule is CC(=O)C1=CCC(=Cc2ccc(C(=O)OCCBr)cc2)C=C1. The van der Waals surface area contributed by atoms with Crippen molar-refractivity contribution in [1.82, 2.24) is 0 Å². The summed E-state index contributed by atoms with van der Waals surface area (Å²) in [6.07, 6.45) is 8.50. The Balaban J connectivity index is 2.03. The number of rotatable bonds is 5. The lowest BCUT2D eigenvalue weighted by molar-refractivity contribution is -0.113. The van der Waals surface area contributed by atoms with Crippen molar-refractivity contribution in [2.24, 2.45) is 0 Å². The minimum atomic E-state index is -0.315. The summed E-state index contributed by atoms with van der Waals surface area (Å²) in [6, 6.07) is 7.28. The van der Waals surface area contributed by atoms with Crippen LogP contribution in [0.1, 0.15) is 29.3 Å². The summed E-state index contributed by atoms with van der Waals surface area (Å²) < 4.78 is 5.05. The van der Waals surface area contributed by atoms with Crippen LogP contribution in [0.25, 0.3) is 6.08 Å². The lowest BCUT2D eigenvalue weighted by Gasteiger charge is -2.07. The summed E-state index contributed by atoms with van der Waals surface area (Å²) in [4.78, 5) is 22.9. The molecule has 2 rings (SSSR count). The molecule has 3 nitrogen and oxygen atoms in total. The van der Waals surface area contributed by atoms with Gasteiger partial charge in [-0.3, -0.25) is 4.79 Å². The third-order valence-electron chi connectivity index (χ3n) is 3.25. The van der Waals surface area contributed by atoms with Gasteiger partial charge in [-0.25, -0.2) is 4.79 Å². The van der Waals surface area contributed by atoms with Gasteiger partial charge in [0.2, 0.25) is 0 Å². The largest absolute Gasteiger partial charge is 0.461 e. The zero-order valence-electron chi connectivity index (χ0n) is 12.3. The number of hydrogen-bond donors (Lipinski definition) is 0. The van der Waals surface area contributed by atoms with Gasteiger partial charge in [-0.1, -0.05) is 52.4 Å². The molecular weight excluding hydrogens is 344 g/mol. The van der Waals surface area contributed by atoms with Gasteiger partial charge in [0.25, 0.3) is 0 Å². The summed E-state index contributed by atoms with van der Waals surface area (Å²) >= 11 is 3.21. The monoisotopic (exact) mass is 360 g/mol. The van der Waals surface area contributed by atoms with E-state index in [0.717, 1.165) is 23.1 Å². The fourth-order valence-corrected chi connectivity index (χ4v) is 2.23. The molecule has 0 fully saturated rings. The molecule has 0 aliphatic heterocycles. The van der Waals surface area contributed by atoms with E-state index in [1.807, 2.05) is 36.4 Å². The molecule has 1 aromatic rings. The van der Waals surface area contributed by atoms with Crippen molar-refractivity contribution in [3.8, 4) is 0 Å². The van der Waals surface area contributed by atoms with Gasteiger partial charge in [0, 0.05) is 10.9 Å². The highest BCUT2D eigenvalue weighted by atomic mass is 79.9. The first-order chi connectivity index (χ1) is 10.6. The summed E-state index contributed by atoms with van der Waals surface area (Å²) in [5.74, 6) is -0.230. The molecule has 0 heterocycles. The lowest BCUT2D eigenvalue weighted by Crippen LogP contribution is -2.06. The molecule has 0 unspecified atom stereocenters. The molecular formula is C18H17BrO3. The number of esters is 1. The van der Waals surface area contributed by atoms with Crippen molar-refractivity contribution in [2.75, 3.05) is 11.9 Å². The Morgan fingerprint density at radius 1 is 1.23 bits per heavy atom. The Morgan fingerprint density at radius 2 is 1.95 bits per heavy atom. The van der Waals surface area contributed by atoms with Crippen LogP contribution in [-0.2, 0) is 9.53 Å². The molecule has 4 heteroatoms. The van der Waals surface area contributed by atoms with E-state index in [9.17, 15) is 9.59 Å². The number of alkyl halides is 1. The van der Waals surface area contributed by atoms with E-state index in [4.69, 9.17) is 4.74 Å². The van der Waals surface area contributed by atoms with Gasteiger partial charge >= 0.3 is 5.97 Å². The number of benzene rings is 1. The van der Waals surface area contributed by atoms with Gasteiger partial charge in [0.05, 0.1) is 5.56 Å². The molecule has 1 aliphatic carbocycles. The number of allylic oxidation sites excluding steroid dienone is 5. The molecule has 0 N–H and O–H groups in total. The van der Waals surface area contributed by atoms with Crippen LogP contribution >= 0.6 is 15.9 Å². The van der Waals surface area contributed by atoms with Gasteiger partial charge in [-0.05, 0) is 36.6 Å². The molecule has 22 heavy (non-hydrogen) atoms. The summed E-state index contributed by atoms with van der Waals surface area (Å²) in [7, 11) is 0. The van der Waals surface area contributed by atoms with E-state index < -0.39 is 0 Å². The van der Waals surface area contributed by atoms with E-state index in [1.54, 1.807) is 19.1 Å². The normalized spacial score (nSPS) is 15.5. The van der Waals surface area contributed by atoms with E-state index in [0.29, 0.717) is 17.5 Å². The van der Waals surface area contributed by atoms with Crippen molar-refractivity contribution in [3.63, 3.8) is 0 Å². The Kier molecular flexibility index (Phi) is 5.90. The molecule has 0 spiro atoms. The predicted molar refractivity (Wildman–Crippen MR) is 91.0 cm³/mol. The minimum Gasteiger partial charge on any atom is -0.461 e. The summed E-state index contributed by atoms with van der Waals surface area (Å²) in [5, 5.41) is 0.630. The van der Waals surface area contributed by atoms with Crippen LogP contribution in [-0.4, -0.2) is 23.7 Å². The molecule has 114 valence electrons. The second-order valence-corrected chi connectivity index (χ2v) is 5.71. The van der Waals surface area contributed by atoms with Gasteiger partial charge < -0.3 is 4.74 Å². The first kappa shape index (κ1) is 16.4. The fraction of sp³-hybridized carbons (Fsp3) is 0.222. The van der Waals surface area contributed by atoms with Crippen LogP contribution in [0.5, 0.6) is 0 Å². The maximum Gasteiger partial charge on any atom is 0.338 e. The van der Waals surface area contributed by atoms with Crippen LogP contribution in [0.15, 0.2) is 53.6 Å². The quantitative estimate of drug-likeness (QED) is 0.586. The second kappa shape index (κ2) is 7.90. The fourth-order valence-electron chi connectivity index (χ4n) is 2.07. The van der Waals surface area contributed by atoms with Crippen molar-refractivity contribution in [3.05, 3.63) is 64.8 Å². The molecule has 0 aromatic heterocycles. The van der Waals surface area contributed by atoms with Crippen LogP contribution in [0, 0.1) is 0 Å². The number of ether oxygens (including phenoxy) is 1. The van der Waals surface area contributed by atoms with Crippen LogP contribution in [0.4, 0.5) is 0 Å². The maximum absolute atomic E-state index is 11.7.